The van der Waals surface area contributed by atoms with E-state index < -0.39 is 0 Å². The Morgan fingerprint density at radius 3 is 2.58 bits per heavy atom. The fourth-order valence-corrected chi connectivity index (χ4v) is 3.07. The van der Waals surface area contributed by atoms with Gasteiger partial charge in [0.05, 0.1) is 7.11 Å². The predicted molar refractivity (Wildman–Crippen MR) is 99.7 cm³/mol. The van der Waals surface area contributed by atoms with Crippen LogP contribution in [0.4, 0.5) is 0 Å². The van der Waals surface area contributed by atoms with Gasteiger partial charge in [-0.05, 0) is 42.8 Å². The van der Waals surface area contributed by atoms with Crippen molar-refractivity contribution in [3.05, 3.63) is 35.7 Å². The molecule has 2 rings (SSSR count). The van der Waals surface area contributed by atoms with Gasteiger partial charge >= 0.3 is 0 Å². The summed E-state index contributed by atoms with van der Waals surface area (Å²) in [6, 6.07) is 8.18. The molecule has 0 amide bonds. The maximum Gasteiger partial charge on any atom is 0.190 e. The van der Waals surface area contributed by atoms with E-state index in [1.807, 2.05) is 12.1 Å². The molecule has 0 bridgehead atoms. The number of ether oxygens (including phenoxy) is 1. The highest BCUT2D eigenvalue weighted by atomic mass is 32.2. The van der Waals surface area contributed by atoms with Crippen molar-refractivity contribution in [2.24, 2.45) is 5.92 Å². The van der Waals surface area contributed by atoms with E-state index in [4.69, 9.17) is 4.74 Å². The third-order valence-corrected chi connectivity index (χ3v) is 4.43. The van der Waals surface area contributed by atoms with E-state index in [0.717, 1.165) is 49.2 Å². The standard InChI is InChI=1S/C18H28N4OS/c1-14(2)13-22-17(20-21-18(22)24-4)6-5-11-19-12-15-7-9-16(23-3)10-8-15/h7-10,14,19H,5-6,11-13H2,1-4H3. The molecule has 0 aliphatic heterocycles. The summed E-state index contributed by atoms with van der Waals surface area (Å²) in [6.07, 6.45) is 4.07. The number of methoxy groups -OCH3 is 1. The topological polar surface area (TPSA) is 52.0 Å². The Balaban J connectivity index is 1.76. The van der Waals surface area contributed by atoms with Crippen molar-refractivity contribution < 1.29 is 4.74 Å². The van der Waals surface area contributed by atoms with E-state index >= 15 is 0 Å². The minimum Gasteiger partial charge on any atom is -0.497 e. The molecule has 0 saturated carbocycles. The van der Waals surface area contributed by atoms with Crippen LogP contribution in [-0.2, 0) is 19.5 Å². The van der Waals surface area contributed by atoms with Gasteiger partial charge in [0.1, 0.15) is 11.6 Å². The van der Waals surface area contributed by atoms with Crippen LogP contribution in [-0.4, -0.2) is 34.7 Å². The van der Waals surface area contributed by atoms with Gasteiger partial charge in [-0.3, -0.25) is 0 Å². The van der Waals surface area contributed by atoms with Gasteiger partial charge in [0, 0.05) is 19.5 Å². The summed E-state index contributed by atoms with van der Waals surface area (Å²) in [6.45, 7) is 7.28. The Morgan fingerprint density at radius 1 is 1.21 bits per heavy atom. The van der Waals surface area contributed by atoms with Crippen LogP contribution in [0.3, 0.4) is 0 Å². The smallest absolute Gasteiger partial charge is 0.190 e. The number of thioether (sulfide) groups is 1. The lowest BCUT2D eigenvalue weighted by molar-refractivity contribution is 0.414. The molecule has 0 saturated heterocycles. The molecular weight excluding hydrogens is 320 g/mol. The Labute approximate surface area is 149 Å². The predicted octanol–water partition coefficient (Wildman–Crippen LogP) is 3.39. The van der Waals surface area contributed by atoms with Crippen molar-refractivity contribution in [3.63, 3.8) is 0 Å². The van der Waals surface area contributed by atoms with Crippen LogP contribution in [0.5, 0.6) is 5.75 Å². The van der Waals surface area contributed by atoms with Gasteiger partial charge in [-0.25, -0.2) is 0 Å². The summed E-state index contributed by atoms with van der Waals surface area (Å²) in [7, 11) is 1.69. The number of rotatable bonds is 10. The maximum atomic E-state index is 5.17. The maximum absolute atomic E-state index is 5.17. The van der Waals surface area contributed by atoms with Crippen molar-refractivity contribution in [1.82, 2.24) is 20.1 Å². The van der Waals surface area contributed by atoms with E-state index in [9.17, 15) is 0 Å². The normalized spacial score (nSPS) is 11.2. The second-order valence-electron chi connectivity index (χ2n) is 6.24. The molecule has 0 aliphatic carbocycles. The lowest BCUT2D eigenvalue weighted by atomic mass is 10.2. The average Bonchev–Trinajstić information content (AvgIpc) is 2.96. The van der Waals surface area contributed by atoms with Crippen LogP contribution in [0.25, 0.3) is 0 Å². The highest BCUT2D eigenvalue weighted by molar-refractivity contribution is 7.98. The number of nitrogens with one attached hydrogen (secondary N) is 1. The van der Waals surface area contributed by atoms with Crippen LogP contribution in [0, 0.1) is 5.92 Å². The molecule has 2 aromatic rings. The zero-order valence-electron chi connectivity index (χ0n) is 15.1. The van der Waals surface area contributed by atoms with Gasteiger partial charge in [0.15, 0.2) is 5.16 Å². The Bertz CT molecular complexity index is 610. The first-order valence-electron chi connectivity index (χ1n) is 8.43. The summed E-state index contributed by atoms with van der Waals surface area (Å²) in [5.41, 5.74) is 1.27. The Hall–Kier alpha value is -1.53. The quantitative estimate of drug-likeness (QED) is 0.527. The van der Waals surface area contributed by atoms with E-state index in [0.29, 0.717) is 5.92 Å². The number of nitrogens with zero attached hydrogens (tertiary/aromatic N) is 3. The molecule has 0 fully saturated rings. The second kappa shape index (κ2) is 9.69. The monoisotopic (exact) mass is 348 g/mol. The highest BCUT2D eigenvalue weighted by Gasteiger charge is 2.12. The van der Waals surface area contributed by atoms with Crippen molar-refractivity contribution in [2.45, 2.75) is 44.9 Å². The molecule has 6 heteroatoms. The molecule has 1 N–H and O–H groups in total. The van der Waals surface area contributed by atoms with Gasteiger partial charge in [-0.2, -0.15) is 0 Å². The molecule has 132 valence electrons. The number of benzene rings is 1. The van der Waals surface area contributed by atoms with E-state index in [2.05, 4.69) is 52.3 Å². The molecule has 0 unspecified atom stereocenters. The minimum atomic E-state index is 0.596. The van der Waals surface area contributed by atoms with Crippen LogP contribution in [0.15, 0.2) is 29.4 Å². The van der Waals surface area contributed by atoms with Gasteiger partial charge in [0.25, 0.3) is 0 Å². The van der Waals surface area contributed by atoms with E-state index in [-0.39, 0.29) is 0 Å². The van der Waals surface area contributed by atoms with Crippen LogP contribution < -0.4 is 10.1 Å². The molecule has 0 atom stereocenters. The number of hydrogen-bond acceptors (Lipinski definition) is 5. The van der Waals surface area contributed by atoms with E-state index in [1.165, 1.54) is 5.56 Å². The van der Waals surface area contributed by atoms with Crippen molar-refractivity contribution in [3.8, 4) is 5.75 Å². The molecule has 24 heavy (non-hydrogen) atoms. The van der Waals surface area contributed by atoms with Gasteiger partial charge in [0.2, 0.25) is 0 Å². The molecule has 0 aliphatic rings. The molecular formula is C18H28N4OS. The van der Waals surface area contributed by atoms with Crippen molar-refractivity contribution >= 4 is 11.8 Å². The van der Waals surface area contributed by atoms with Gasteiger partial charge < -0.3 is 14.6 Å². The summed E-state index contributed by atoms with van der Waals surface area (Å²) >= 11 is 1.67. The second-order valence-corrected chi connectivity index (χ2v) is 7.01. The Morgan fingerprint density at radius 2 is 1.96 bits per heavy atom. The third-order valence-electron chi connectivity index (χ3n) is 3.77. The molecule has 1 heterocycles. The zero-order valence-corrected chi connectivity index (χ0v) is 15.9. The van der Waals surface area contributed by atoms with Crippen LogP contribution in [0.2, 0.25) is 0 Å². The number of aryl methyl sites for hydroxylation is 1. The first-order chi connectivity index (χ1) is 11.6. The Kier molecular flexibility index (Phi) is 7.59. The van der Waals surface area contributed by atoms with Gasteiger partial charge in [-0.15, -0.1) is 10.2 Å². The van der Waals surface area contributed by atoms with E-state index in [1.54, 1.807) is 18.9 Å². The fraction of sp³-hybridized carbons (Fsp3) is 0.556. The molecule has 0 radical (unpaired) electrons. The van der Waals surface area contributed by atoms with Gasteiger partial charge in [-0.1, -0.05) is 37.7 Å². The summed E-state index contributed by atoms with van der Waals surface area (Å²) < 4.78 is 7.44. The lowest BCUT2D eigenvalue weighted by Gasteiger charge is -2.11. The lowest BCUT2D eigenvalue weighted by Crippen LogP contribution is -2.16. The van der Waals surface area contributed by atoms with Crippen molar-refractivity contribution in [1.29, 1.82) is 0 Å². The molecule has 1 aromatic heterocycles. The number of aromatic nitrogens is 3. The van der Waals surface area contributed by atoms with Crippen molar-refractivity contribution in [2.75, 3.05) is 19.9 Å². The summed E-state index contributed by atoms with van der Waals surface area (Å²) in [5, 5.41) is 13.2. The SMILES string of the molecule is COc1ccc(CNCCCc2nnc(SC)n2CC(C)C)cc1. The summed E-state index contributed by atoms with van der Waals surface area (Å²) in [5.74, 6) is 2.59. The highest BCUT2D eigenvalue weighted by Crippen LogP contribution is 2.16. The molecule has 0 spiro atoms. The third kappa shape index (κ3) is 5.53. The molecule has 5 nitrogen and oxygen atoms in total. The molecule has 1 aromatic carbocycles. The average molecular weight is 349 g/mol. The van der Waals surface area contributed by atoms with Crippen LogP contribution in [0.1, 0.15) is 31.7 Å². The zero-order chi connectivity index (χ0) is 17.4. The van der Waals surface area contributed by atoms with Crippen LogP contribution >= 0.6 is 11.8 Å². The summed E-state index contributed by atoms with van der Waals surface area (Å²) in [4.78, 5) is 0. The fourth-order valence-electron chi connectivity index (χ4n) is 2.55. The number of hydrogen-bond donors (Lipinski definition) is 1. The first-order valence-corrected chi connectivity index (χ1v) is 9.66. The first kappa shape index (κ1) is 18.8. The minimum absolute atomic E-state index is 0.596. The largest absolute Gasteiger partial charge is 0.497 e.